The Balaban J connectivity index is 2.06. The van der Waals surface area contributed by atoms with Crippen molar-refractivity contribution in [3.63, 3.8) is 0 Å². The minimum absolute atomic E-state index is 0.0700. The van der Waals surface area contributed by atoms with Crippen LogP contribution in [0.5, 0.6) is 0 Å². The van der Waals surface area contributed by atoms with E-state index >= 15 is 0 Å². The predicted octanol–water partition coefficient (Wildman–Crippen LogP) is 5.26. The summed E-state index contributed by atoms with van der Waals surface area (Å²) >= 11 is 0. The first-order valence-corrected chi connectivity index (χ1v) is 8.23. The number of hydrogen-bond donors (Lipinski definition) is 1. The number of nitrogens with one attached hydrogen (secondary N) is 1. The van der Waals surface area contributed by atoms with Gasteiger partial charge in [-0.2, -0.15) is 0 Å². The van der Waals surface area contributed by atoms with Crippen molar-refractivity contribution in [2.75, 3.05) is 5.32 Å². The summed E-state index contributed by atoms with van der Waals surface area (Å²) in [6.45, 7) is 3.37. The highest BCUT2D eigenvalue weighted by Crippen LogP contribution is 2.31. The van der Waals surface area contributed by atoms with Crippen molar-refractivity contribution in [3.8, 4) is 11.1 Å². The van der Waals surface area contributed by atoms with Gasteiger partial charge in [-0.15, -0.1) is 0 Å². The van der Waals surface area contributed by atoms with Crippen molar-refractivity contribution in [2.24, 2.45) is 0 Å². The highest BCUT2D eigenvalue weighted by atomic mass is 19.1. The number of carbonyl (C=O) groups excluding carboxylic acids is 2. The summed E-state index contributed by atoms with van der Waals surface area (Å²) in [6, 6.07) is 18.5. The van der Waals surface area contributed by atoms with E-state index in [1.807, 2.05) is 43.3 Å². The molecule has 0 atom stereocenters. The first-order valence-electron chi connectivity index (χ1n) is 8.23. The van der Waals surface area contributed by atoms with Crippen LogP contribution >= 0.6 is 0 Å². The number of carbonyl (C=O) groups is 2. The number of hydrogen-bond acceptors (Lipinski definition) is 2. The molecule has 0 radical (unpaired) electrons. The maximum atomic E-state index is 13.1. The van der Waals surface area contributed by atoms with Crippen LogP contribution in [0.15, 0.2) is 66.7 Å². The van der Waals surface area contributed by atoms with E-state index in [4.69, 9.17) is 0 Å². The van der Waals surface area contributed by atoms with E-state index in [1.165, 1.54) is 31.2 Å². The summed E-state index contributed by atoms with van der Waals surface area (Å²) in [4.78, 5) is 24.5. The molecule has 0 aliphatic carbocycles. The average Bonchev–Trinajstić information content (AvgIpc) is 2.63. The van der Waals surface area contributed by atoms with Gasteiger partial charge in [-0.05, 0) is 61.4 Å². The van der Waals surface area contributed by atoms with E-state index in [2.05, 4.69) is 5.32 Å². The van der Waals surface area contributed by atoms with Gasteiger partial charge in [0, 0.05) is 22.4 Å². The predicted molar refractivity (Wildman–Crippen MR) is 101 cm³/mol. The monoisotopic (exact) mass is 347 g/mol. The number of amides is 1. The van der Waals surface area contributed by atoms with Crippen LogP contribution in [0.25, 0.3) is 11.1 Å². The fraction of sp³-hybridized carbons (Fsp3) is 0.0909. The number of aryl methyl sites for hydroxylation is 1. The molecule has 0 saturated heterocycles. The molecule has 4 heteroatoms. The molecule has 0 unspecified atom stereocenters. The van der Waals surface area contributed by atoms with Gasteiger partial charge in [-0.3, -0.25) is 9.59 Å². The number of benzene rings is 3. The maximum absolute atomic E-state index is 13.1. The fourth-order valence-corrected chi connectivity index (χ4v) is 2.84. The second-order valence-corrected chi connectivity index (χ2v) is 6.10. The molecular weight excluding hydrogens is 329 g/mol. The van der Waals surface area contributed by atoms with Crippen LogP contribution in [0.2, 0.25) is 0 Å². The molecule has 0 saturated carbocycles. The summed E-state index contributed by atoms with van der Waals surface area (Å²) in [7, 11) is 0. The second-order valence-electron chi connectivity index (χ2n) is 6.10. The Bertz CT molecular complexity index is 963. The normalized spacial score (nSPS) is 10.4. The maximum Gasteiger partial charge on any atom is 0.255 e. The highest BCUT2D eigenvalue weighted by molar-refractivity contribution is 6.07. The third kappa shape index (κ3) is 3.70. The number of ketones is 1. The first-order chi connectivity index (χ1) is 12.5. The molecule has 0 aliphatic heterocycles. The van der Waals surface area contributed by atoms with Crippen molar-refractivity contribution in [3.05, 3.63) is 89.2 Å². The van der Waals surface area contributed by atoms with E-state index in [9.17, 15) is 14.0 Å². The average molecular weight is 347 g/mol. The molecule has 0 aliphatic rings. The zero-order valence-corrected chi connectivity index (χ0v) is 14.5. The van der Waals surface area contributed by atoms with Crippen molar-refractivity contribution in [1.82, 2.24) is 0 Å². The molecule has 0 spiro atoms. The molecule has 0 bridgehead atoms. The van der Waals surface area contributed by atoms with Gasteiger partial charge in [0.15, 0.2) is 5.78 Å². The van der Waals surface area contributed by atoms with E-state index < -0.39 is 5.82 Å². The van der Waals surface area contributed by atoms with Gasteiger partial charge in [-0.25, -0.2) is 4.39 Å². The molecule has 3 nitrogen and oxygen atoms in total. The van der Waals surface area contributed by atoms with Crippen molar-refractivity contribution >= 4 is 17.4 Å². The molecule has 0 aromatic heterocycles. The van der Waals surface area contributed by atoms with Crippen LogP contribution in [0.3, 0.4) is 0 Å². The second kappa shape index (κ2) is 7.31. The largest absolute Gasteiger partial charge is 0.321 e. The summed E-state index contributed by atoms with van der Waals surface area (Å²) < 4.78 is 13.1. The Labute approximate surface area is 151 Å². The topological polar surface area (TPSA) is 46.2 Å². The number of anilines is 1. The Hall–Kier alpha value is -3.27. The van der Waals surface area contributed by atoms with Crippen molar-refractivity contribution in [2.45, 2.75) is 13.8 Å². The van der Waals surface area contributed by atoms with E-state index in [-0.39, 0.29) is 11.7 Å². The minimum Gasteiger partial charge on any atom is -0.321 e. The lowest BCUT2D eigenvalue weighted by Gasteiger charge is -2.15. The summed E-state index contributed by atoms with van der Waals surface area (Å²) in [5.41, 5.74) is 4.04. The summed E-state index contributed by atoms with van der Waals surface area (Å²) in [5, 5.41) is 2.85. The van der Waals surface area contributed by atoms with E-state index in [0.717, 1.165) is 16.7 Å². The lowest BCUT2D eigenvalue weighted by atomic mass is 9.96. The Morgan fingerprint density at radius 3 is 2.19 bits per heavy atom. The molecule has 3 aromatic carbocycles. The lowest BCUT2D eigenvalue weighted by Crippen LogP contribution is -2.13. The van der Waals surface area contributed by atoms with E-state index in [0.29, 0.717) is 16.8 Å². The van der Waals surface area contributed by atoms with Gasteiger partial charge in [0.1, 0.15) is 5.82 Å². The molecule has 3 aromatic rings. The number of halogens is 1. The summed E-state index contributed by atoms with van der Waals surface area (Å²) in [5.74, 6) is -0.833. The van der Waals surface area contributed by atoms with Crippen molar-refractivity contribution in [1.29, 1.82) is 0 Å². The van der Waals surface area contributed by atoms with Crippen LogP contribution in [-0.4, -0.2) is 11.7 Å². The van der Waals surface area contributed by atoms with Crippen LogP contribution in [0.1, 0.15) is 33.2 Å². The Kier molecular flexibility index (Phi) is 4.94. The molecule has 0 fully saturated rings. The lowest BCUT2D eigenvalue weighted by molar-refractivity contribution is 0.101. The molecular formula is C22H18FNO2. The Morgan fingerprint density at radius 1 is 0.923 bits per heavy atom. The molecule has 130 valence electrons. The molecule has 1 N–H and O–H groups in total. The third-order valence-electron chi connectivity index (χ3n) is 4.18. The Morgan fingerprint density at radius 2 is 1.58 bits per heavy atom. The minimum atomic E-state index is -0.402. The zero-order chi connectivity index (χ0) is 18.7. The van der Waals surface area contributed by atoms with Gasteiger partial charge < -0.3 is 5.32 Å². The van der Waals surface area contributed by atoms with Crippen LogP contribution < -0.4 is 5.32 Å². The van der Waals surface area contributed by atoms with Crippen molar-refractivity contribution < 1.29 is 14.0 Å². The smallest absolute Gasteiger partial charge is 0.255 e. The van der Waals surface area contributed by atoms with Gasteiger partial charge in [0.05, 0.1) is 0 Å². The molecule has 0 heterocycles. The molecule has 3 rings (SSSR count). The third-order valence-corrected chi connectivity index (χ3v) is 4.18. The first kappa shape index (κ1) is 17.5. The van der Waals surface area contributed by atoms with Gasteiger partial charge in [-0.1, -0.05) is 30.3 Å². The standard InChI is InChI=1S/C22H18FNO2/c1-14-12-20(16-6-4-3-5-7-16)21(13-19(14)15(2)25)24-22(26)17-8-10-18(23)11-9-17/h3-13H,1-2H3,(H,24,26). The molecule has 26 heavy (non-hydrogen) atoms. The molecule has 1 amide bonds. The van der Waals surface area contributed by atoms with Crippen LogP contribution in [0.4, 0.5) is 10.1 Å². The number of Topliss-reactive ketones (excluding diaryl/α,β-unsaturated/α-hetero) is 1. The highest BCUT2D eigenvalue weighted by Gasteiger charge is 2.15. The van der Waals surface area contributed by atoms with E-state index in [1.54, 1.807) is 6.07 Å². The fourth-order valence-electron chi connectivity index (χ4n) is 2.84. The van der Waals surface area contributed by atoms with Gasteiger partial charge in [0.25, 0.3) is 5.91 Å². The van der Waals surface area contributed by atoms with Gasteiger partial charge >= 0.3 is 0 Å². The zero-order valence-electron chi connectivity index (χ0n) is 14.5. The SMILES string of the molecule is CC(=O)c1cc(NC(=O)c2ccc(F)cc2)c(-c2ccccc2)cc1C. The quantitative estimate of drug-likeness (QED) is 0.655. The summed E-state index contributed by atoms with van der Waals surface area (Å²) in [6.07, 6.45) is 0. The van der Waals surface area contributed by atoms with Crippen LogP contribution in [0, 0.1) is 12.7 Å². The van der Waals surface area contributed by atoms with Crippen LogP contribution in [-0.2, 0) is 0 Å². The number of rotatable bonds is 4. The van der Waals surface area contributed by atoms with Gasteiger partial charge in [0.2, 0.25) is 0 Å².